The van der Waals surface area contributed by atoms with E-state index in [4.69, 9.17) is 4.42 Å². The molecule has 2 saturated carbocycles. The summed E-state index contributed by atoms with van der Waals surface area (Å²) in [6, 6.07) is 69.1. The highest BCUT2D eigenvalue weighted by Crippen LogP contribution is 2.51. The van der Waals surface area contributed by atoms with Crippen molar-refractivity contribution in [2.45, 2.75) is 76.3 Å². The van der Waals surface area contributed by atoms with Crippen LogP contribution in [0.5, 0.6) is 0 Å². The number of benzene rings is 10. The van der Waals surface area contributed by atoms with Crippen LogP contribution in [-0.2, 0) is 0 Å². The lowest BCUT2D eigenvalue weighted by molar-refractivity contribution is 0.436. The quantitative estimate of drug-likeness (QED) is 0.142. The first-order chi connectivity index (χ1) is 33.8. The van der Waals surface area contributed by atoms with Crippen molar-refractivity contribution in [1.29, 1.82) is 0 Å². The van der Waals surface area contributed by atoms with Gasteiger partial charge in [-0.25, -0.2) is 0 Å². The van der Waals surface area contributed by atoms with Gasteiger partial charge in [0.25, 0.3) is 0 Å². The predicted molar refractivity (Wildman–Crippen MR) is 292 cm³/mol. The first-order valence-electron chi connectivity index (χ1n) is 25.1. The van der Waals surface area contributed by atoms with Gasteiger partial charge in [-0.3, -0.25) is 0 Å². The minimum Gasteiger partial charge on any atom is -0.453 e. The van der Waals surface area contributed by atoms with Gasteiger partial charge in [-0.1, -0.05) is 196 Å². The number of para-hydroxylation sites is 2. The zero-order valence-electron chi connectivity index (χ0n) is 38.3. The van der Waals surface area contributed by atoms with E-state index in [0.717, 1.165) is 35.3 Å². The third-order valence-electron chi connectivity index (χ3n) is 15.7. The Morgan fingerprint density at radius 2 is 0.809 bits per heavy atom. The van der Waals surface area contributed by atoms with Gasteiger partial charge in [-0.05, 0) is 88.2 Å². The molecule has 3 nitrogen and oxygen atoms in total. The fraction of sp³-hybridized carbons (Fsp3) is 0.188. The number of anilines is 4. The summed E-state index contributed by atoms with van der Waals surface area (Å²) >= 11 is 1.97. The van der Waals surface area contributed by atoms with Crippen LogP contribution in [0.4, 0.5) is 22.7 Å². The Morgan fingerprint density at radius 3 is 1.41 bits per heavy atom. The van der Waals surface area contributed by atoms with E-state index in [1.165, 1.54) is 148 Å². The molecule has 14 rings (SSSR count). The number of nitrogens with zero attached hydrogens (tertiary/aromatic N) is 2. The Morgan fingerprint density at radius 1 is 0.338 bits per heavy atom. The number of hydrogen-bond donors (Lipinski definition) is 0. The van der Waals surface area contributed by atoms with E-state index in [1.54, 1.807) is 0 Å². The standard InChI is InChI=1S/C64H52N2OS/c1-5-17-41(18-6-1)47-25-13-27-49-50-28-15-31-57(62(50)67-61(47)49)65(45-21-9-3-10-22-45)55-39-35-43-34-38-54-56(40-36-44-33-37-53(55)59(43)60(44)54)66(46-23-11-4-12-24-46)58-32-16-30-52-51-29-14-26-48(63(51)68-64(52)58)42-19-7-2-8-20-42/h1-2,5-8,13-20,25-40,45-46H,3-4,9-12,21-24H2. The van der Waals surface area contributed by atoms with Crippen molar-refractivity contribution in [3.05, 3.63) is 182 Å². The Bertz CT molecular complexity index is 3580. The summed E-state index contributed by atoms with van der Waals surface area (Å²) < 4.78 is 9.91. The smallest absolute Gasteiger partial charge is 0.159 e. The van der Waals surface area contributed by atoms with Crippen LogP contribution in [0.2, 0.25) is 0 Å². The average molecular weight is 897 g/mol. The van der Waals surface area contributed by atoms with Gasteiger partial charge in [0, 0.05) is 66.0 Å². The van der Waals surface area contributed by atoms with Crippen LogP contribution >= 0.6 is 11.3 Å². The molecule has 2 aromatic heterocycles. The van der Waals surface area contributed by atoms with Crippen molar-refractivity contribution >= 4 is 109 Å². The van der Waals surface area contributed by atoms with Crippen LogP contribution in [0.15, 0.2) is 186 Å². The van der Waals surface area contributed by atoms with Crippen molar-refractivity contribution < 1.29 is 4.42 Å². The molecule has 0 saturated heterocycles. The van der Waals surface area contributed by atoms with Crippen molar-refractivity contribution in [2.24, 2.45) is 0 Å². The van der Waals surface area contributed by atoms with Crippen LogP contribution < -0.4 is 9.80 Å². The summed E-state index contributed by atoms with van der Waals surface area (Å²) in [7, 11) is 0. The normalized spacial score (nSPS) is 15.2. The molecule has 10 aromatic carbocycles. The second kappa shape index (κ2) is 16.3. The Balaban J connectivity index is 0.978. The minimum atomic E-state index is 0.358. The third-order valence-corrected chi connectivity index (χ3v) is 17.0. The molecule has 4 heteroatoms. The second-order valence-electron chi connectivity index (χ2n) is 19.5. The zero-order valence-corrected chi connectivity index (χ0v) is 39.1. The number of rotatable bonds is 8. The summed E-state index contributed by atoms with van der Waals surface area (Å²) in [5.41, 5.74) is 11.9. The molecule has 2 heterocycles. The first kappa shape index (κ1) is 40.0. The Labute approximate surface area is 401 Å². The SMILES string of the molecule is c1ccc(-c2cccc3c2oc2c(N(c4ccc5ccc6c(N(c7cccc8c7sc7c(-c9ccccc9)cccc78)C7CCCCC7)ccc7ccc4c5c76)C4CCCCC4)cccc23)cc1. The first-order valence-corrected chi connectivity index (χ1v) is 25.9. The van der Waals surface area contributed by atoms with Gasteiger partial charge in [-0.15, -0.1) is 11.3 Å². The minimum absolute atomic E-state index is 0.358. The summed E-state index contributed by atoms with van der Waals surface area (Å²) in [5, 5.41) is 13.0. The van der Waals surface area contributed by atoms with E-state index in [-0.39, 0.29) is 0 Å². The van der Waals surface area contributed by atoms with E-state index < -0.39 is 0 Å². The molecule has 0 atom stereocenters. The highest BCUT2D eigenvalue weighted by atomic mass is 32.1. The van der Waals surface area contributed by atoms with E-state index in [0.29, 0.717) is 12.1 Å². The third kappa shape index (κ3) is 6.30. The number of fused-ring (bicyclic) bond motifs is 6. The average Bonchev–Trinajstić information content (AvgIpc) is 4.00. The molecule has 0 unspecified atom stereocenters. The van der Waals surface area contributed by atoms with Gasteiger partial charge in [0.15, 0.2) is 5.58 Å². The molecule has 2 aliphatic carbocycles. The van der Waals surface area contributed by atoms with Gasteiger partial charge in [0.1, 0.15) is 5.58 Å². The molecule has 0 radical (unpaired) electrons. The van der Waals surface area contributed by atoms with Gasteiger partial charge in [-0.2, -0.15) is 0 Å². The van der Waals surface area contributed by atoms with E-state index in [2.05, 4.69) is 192 Å². The molecule has 0 bridgehead atoms. The van der Waals surface area contributed by atoms with Crippen molar-refractivity contribution in [1.82, 2.24) is 0 Å². The van der Waals surface area contributed by atoms with Crippen molar-refractivity contribution in [3.8, 4) is 22.3 Å². The highest BCUT2D eigenvalue weighted by Gasteiger charge is 2.31. The molecule has 0 aliphatic heterocycles. The second-order valence-corrected chi connectivity index (χ2v) is 20.5. The number of thiophene rings is 1. The molecular formula is C64H52N2OS. The zero-order chi connectivity index (χ0) is 44.7. The lowest BCUT2D eigenvalue weighted by Crippen LogP contribution is -2.33. The van der Waals surface area contributed by atoms with Gasteiger partial charge in [0.2, 0.25) is 0 Å². The monoisotopic (exact) mass is 896 g/mol. The topological polar surface area (TPSA) is 19.6 Å². The molecule has 68 heavy (non-hydrogen) atoms. The lowest BCUT2D eigenvalue weighted by atomic mass is 9.89. The summed E-state index contributed by atoms with van der Waals surface area (Å²) in [4.78, 5) is 5.48. The van der Waals surface area contributed by atoms with Crippen LogP contribution in [0.3, 0.4) is 0 Å². The Hall–Kier alpha value is -7.14. The van der Waals surface area contributed by atoms with Crippen LogP contribution in [0.1, 0.15) is 64.2 Å². The number of furan rings is 1. The molecular weight excluding hydrogens is 845 g/mol. The van der Waals surface area contributed by atoms with Gasteiger partial charge >= 0.3 is 0 Å². The van der Waals surface area contributed by atoms with E-state index in [1.807, 2.05) is 11.3 Å². The molecule has 0 amide bonds. The number of hydrogen-bond acceptors (Lipinski definition) is 4. The van der Waals surface area contributed by atoms with Crippen molar-refractivity contribution in [3.63, 3.8) is 0 Å². The maximum Gasteiger partial charge on any atom is 0.159 e. The molecule has 12 aromatic rings. The summed E-state index contributed by atoms with van der Waals surface area (Å²) in [6.07, 6.45) is 12.3. The molecule has 330 valence electrons. The van der Waals surface area contributed by atoms with Gasteiger partial charge in [0.05, 0.1) is 16.1 Å². The highest BCUT2D eigenvalue weighted by molar-refractivity contribution is 7.27. The summed E-state index contributed by atoms with van der Waals surface area (Å²) in [6.45, 7) is 0. The Kier molecular flexibility index (Phi) is 9.57. The lowest BCUT2D eigenvalue weighted by Gasteiger charge is -2.38. The largest absolute Gasteiger partial charge is 0.453 e. The molecule has 0 N–H and O–H groups in total. The maximum atomic E-state index is 7.16. The van der Waals surface area contributed by atoms with Gasteiger partial charge < -0.3 is 14.2 Å². The molecule has 0 spiro atoms. The molecule has 2 fully saturated rings. The van der Waals surface area contributed by atoms with Crippen LogP contribution in [0.25, 0.3) is 96.7 Å². The van der Waals surface area contributed by atoms with Crippen molar-refractivity contribution in [2.75, 3.05) is 9.80 Å². The maximum absolute atomic E-state index is 7.16. The fourth-order valence-corrected chi connectivity index (χ4v) is 13.9. The van der Waals surface area contributed by atoms with E-state index in [9.17, 15) is 0 Å². The fourth-order valence-electron chi connectivity index (χ4n) is 12.6. The predicted octanol–water partition coefficient (Wildman–Crippen LogP) is 19.1. The summed E-state index contributed by atoms with van der Waals surface area (Å²) in [5.74, 6) is 0. The van der Waals surface area contributed by atoms with Crippen LogP contribution in [0, 0.1) is 0 Å². The van der Waals surface area contributed by atoms with Crippen LogP contribution in [-0.4, -0.2) is 12.1 Å². The van der Waals surface area contributed by atoms with E-state index >= 15 is 0 Å². The molecule has 2 aliphatic rings.